The first-order valence-corrected chi connectivity index (χ1v) is 11.8. The number of benzene rings is 3. The Hall–Kier alpha value is -4.50. The molecule has 0 radical (unpaired) electrons. The third kappa shape index (κ3) is 4.56. The van der Waals surface area contributed by atoms with E-state index in [1.807, 2.05) is 19.0 Å². The number of ketones is 1. The molecule has 2 amide bonds. The zero-order chi connectivity index (χ0) is 26.1. The monoisotopic (exact) mass is 497 g/mol. The molecule has 0 unspecified atom stereocenters. The lowest BCUT2D eigenvalue weighted by molar-refractivity contribution is 0.0637. The third-order valence-electron chi connectivity index (χ3n) is 6.24. The van der Waals surface area contributed by atoms with Gasteiger partial charge in [-0.2, -0.15) is 0 Å². The van der Waals surface area contributed by atoms with E-state index >= 15 is 0 Å². The number of aromatic nitrogens is 3. The van der Waals surface area contributed by atoms with Gasteiger partial charge in [0.15, 0.2) is 11.6 Å². The summed E-state index contributed by atoms with van der Waals surface area (Å²) in [5, 5.41) is 8.64. The van der Waals surface area contributed by atoms with Crippen molar-refractivity contribution in [2.45, 2.75) is 13.0 Å². The van der Waals surface area contributed by atoms with E-state index < -0.39 is 17.6 Å². The van der Waals surface area contributed by atoms with Crippen molar-refractivity contribution in [3.05, 3.63) is 113 Å². The summed E-state index contributed by atoms with van der Waals surface area (Å²) in [7, 11) is 3.84. The van der Waals surface area contributed by atoms with Crippen molar-refractivity contribution in [1.82, 2.24) is 24.6 Å². The van der Waals surface area contributed by atoms with E-state index in [0.717, 1.165) is 4.90 Å². The SMILES string of the molecule is CN(C)CCc1nnc(CN2C(=O)c3ccccc3C2=O)n1-c1ccc(F)cc1C(=O)c1ccccc1. The van der Waals surface area contributed by atoms with Crippen LogP contribution >= 0.6 is 0 Å². The van der Waals surface area contributed by atoms with Crippen LogP contribution in [0.2, 0.25) is 0 Å². The molecule has 3 aromatic carbocycles. The van der Waals surface area contributed by atoms with Gasteiger partial charge < -0.3 is 4.90 Å². The minimum absolute atomic E-state index is 0.126. The summed E-state index contributed by atoms with van der Waals surface area (Å²) in [4.78, 5) is 42.6. The van der Waals surface area contributed by atoms with E-state index in [0.29, 0.717) is 41.2 Å². The molecule has 0 atom stereocenters. The molecule has 2 heterocycles. The Kier molecular flexibility index (Phi) is 6.45. The van der Waals surface area contributed by atoms with E-state index in [4.69, 9.17) is 0 Å². The number of carbonyl (C=O) groups is 3. The molecule has 37 heavy (non-hydrogen) atoms. The van der Waals surface area contributed by atoms with Gasteiger partial charge in [0, 0.05) is 24.1 Å². The summed E-state index contributed by atoms with van der Waals surface area (Å²) in [5.41, 5.74) is 1.56. The average molecular weight is 498 g/mol. The molecule has 0 saturated carbocycles. The van der Waals surface area contributed by atoms with Crippen LogP contribution in [0.15, 0.2) is 72.8 Å². The molecule has 1 aromatic heterocycles. The van der Waals surface area contributed by atoms with Gasteiger partial charge in [-0.3, -0.25) is 23.9 Å². The van der Waals surface area contributed by atoms with Crippen LogP contribution in [0.25, 0.3) is 5.69 Å². The minimum atomic E-state index is -0.562. The molecule has 0 aliphatic carbocycles. The largest absolute Gasteiger partial charge is 0.309 e. The zero-order valence-corrected chi connectivity index (χ0v) is 20.4. The highest BCUT2D eigenvalue weighted by atomic mass is 19.1. The maximum absolute atomic E-state index is 14.4. The second-order valence-corrected chi connectivity index (χ2v) is 9.02. The van der Waals surface area contributed by atoms with E-state index in [-0.39, 0.29) is 23.7 Å². The number of fused-ring (bicyclic) bond motifs is 1. The van der Waals surface area contributed by atoms with Crippen LogP contribution in [0.1, 0.15) is 48.3 Å². The molecule has 0 fully saturated rings. The molecular formula is C28H24FN5O3. The number of hydrogen-bond donors (Lipinski definition) is 0. The first-order valence-electron chi connectivity index (χ1n) is 11.8. The Morgan fingerprint density at radius 3 is 2.14 bits per heavy atom. The molecule has 0 saturated heterocycles. The lowest BCUT2D eigenvalue weighted by Gasteiger charge is -2.18. The second-order valence-electron chi connectivity index (χ2n) is 9.02. The Morgan fingerprint density at radius 2 is 1.49 bits per heavy atom. The number of nitrogens with zero attached hydrogens (tertiary/aromatic N) is 5. The molecule has 0 spiro atoms. The second kappa shape index (κ2) is 9.87. The lowest BCUT2D eigenvalue weighted by Crippen LogP contribution is -2.30. The maximum Gasteiger partial charge on any atom is 0.261 e. The molecule has 4 aromatic rings. The van der Waals surface area contributed by atoms with Crippen molar-refractivity contribution in [1.29, 1.82) is 0 Å². The van der Waals surface area contributed by atoms with Crippen molar-refractivity contribution in [3.8, 4) is 5.69 Å². The van der Waals surface area contributed by atoms with E-state index in [9.17, 15) is 18.8 Å². The summed E-state index contributed by atoms with van der Waals surface area (Å²) in [5.74, 6) is -0.970. The molecule has 1 aliphatic rings. The quantitative estimate of drug-likeness (QED) is 0.273. The fourth-order valence-corrected chi connectivity index (χ4v) is 4.37. The fraction of sp³-hybridized carbons (Fsp3) is 0.179. The van der Waals surface area contributed by atoms with Crippen molar-refractivity contribution < 1.29 is 18.8 Å². The Bertz CT molecular complexity index is 1480. The zero-order valence-electron chi connectivity index (χ0n) is 20.4. The number of imide groups is 1. The van der Waals surface area contributed by atoms with E-state index in [1.165, 1.54) is 18.2 Å². The molecule has 0 N–H and O–H groups in total. The normalized spacial score (nSPS) is 12.9. The predicted octanol–water partition coefficient (Wildman–Crippen LogP) is 3.54. The Labute approximate surface area is 213 Å². The van der Waals surface area contributed by atoms with E-state index in [2.05, 4.69) is 10.2 Å². The van der Waals surface area contributed by atoms with Crippen LogP contribution < -0.4 is 0 Å². The number of rotatable bonds is 8. The van der Waals surface area contributed by atoms with Crippen molar-refractivity contribution >= 4 is 17.6 Å². The van der Waals surface area contributed by atoms with Gasteiger partial charge in [0.2, 0.25) is 0 Å². The van der Waals surface area contributed by atoms with Crippen LogP contribution in [0.5, 0.6) is 0 Å². The standard InChI is InChI=1S/C28H24FN5O3/c1-32(2)15-14-24-30-31-25(17-33-27(36)20-10-6-7-11-21(20)28(33)37)34(24)23-13-12-19(29)16-22(23)26(35)18-8-4-3-5-9-18/h3-13,16H,14-15,17H2,1-2H3. The predicted molar refractivity (Wildman–Crippen MR) is 134 cm³/mol. The lowest BCUT2D eigenvalue weighted by atomic mass is 10.0. The van der Waals surface area contributed by atoms with Crippen LogP contribution in [0, 0.1) is 5.82 Å². The van der Waals surface area contributed by atoms with Crippen molar-refractivity contribution in [2.24, 2.45) is 0 Å². The number of likely N-dealkylation sites (N-methyl/N-ethyl adjacent to an activating group) is 1. The smallest absolute Gasteiger partial charge is 0.261 e. The maximum atomic E-state index is 14.4. The third-order valence-corrected chi connectivity index (χ3v) is 6.24. The van der Waals surface area contributed by atoms with Crippen LogP contribution in [-0.4, -0.2) is 62.8 Å². The summed E-state index contributed by atoms with van der Waals surface area (Å²) in [6.07, 6.45) is 0.471. The van der Waals surface area contributed by atoms with Gasteiger partial charge in [-0.05, 0) is 44.4 Å². The van der Waals surface area contributed by atoms with Crippen LogP contribution in [0.4, 0.5) is 4.39 Å². The molecule has 8 nitrogen and oxygen atoms in total. The summed E-state index contributed by atoms with van der Waals surface area (Å²) >= 11 is 0. The van der Waals surface area contributed by atoms with Crippen LogP contribution in [-0.2, 0) is 13.0 Å². The number of carbonyl (C=O) groups excluding carboxylic acids is 3. The molecule has 5 rings (SSSR count). The molecule has 186 valence electrons. The van der Waals surface area contributed by atoms with Crippen molar-refractivity contribution in [3.63, 3.8) is 0 Å². The topological polar surface area (TPSA) is 88.4 Å². The highest BCUT2D eigenvalue weighted by Crippen LogP contribution is 2.27. The number of amides is 2. The van der Waals surface area contributed by atoms with Crippen LogP contribution in [0.3, 0.4) is 0 Å². The van der Waals surface area contributed by atoms with Crippen molar-refractivity contribution in [2.75, 3.05) is 20.6 Å². The first kappa shape index (κ1) is 24.2. The van der Waals surface area contributed by atoms with Gasteiger partial charge in [-0.25, -0.2) is 4.39 Å². The number of hydrogen-bond acceptors (Lipinski definition) is 6. The molecule has 0 bridgehead atoms. The molecule has 9 heteroatoms. The summed E-state index contributed by atoms with van der Waals surface area (Å²) in [6, 6.07) is 19.2. The van der Waals surface area contributed by atoms with Gasteiger partial charge in [-0.1, -0.05) is 42.5 Å². The Morgan fingerprint density at radius 1 is 0.865 bits per heavy atom. The number of halogens is 1. The van der Waals surface area contributed by atoms with Gasteiger partial charge >= 0.3 is 0 Å². The first-order chi connectivity index (χ1) is 17.8. The highest BCUT2D eigenvalue weighted by molar-refractivity contribution is 6.21. The molecular weight excluding hydrogens is 473 g/mol. The summed E-state index contributed by atoms with van der Waals surface area (Å²) < 4.78 is 16.1. The summed E-state index contributed by atoms with van der Waals surface area (Å²) in [6.45, 7) is 0.478. The average Bonchev–Trinajstić information content (AvgIpc) is 3.41. The van der Waals surface area contributed by atoms with Gasteiger partial charge in [-0.15, -0.1) is 10.2 Å². The Balaban J connectivity index is 1.61. The fourth-order valence-electron chi connectivity index (χ4n) is 4.37. The highest BCUT2D eigenvalue weighted by Gasteiger charge is 2.36. The van der Waals surface area contributed by atoms with E-state index in [1.54, 1.807) is 59.2 Å². The van der Waals surface area contributed by atoms with Gasteiger partial charge in [0.25, 0.3) is 11.8 Å². The van der Waals surface area contributed by atoms with Gasteiger partial charge in [0.1, 0.15) is 11.6 Å². The minimum Gasteiger partial charge on any atom is -0.309 e. The molecule has 1 aliphatic heterocycles. The van der Waals surface area contributed by atoms with Gasteiger partial charge in [0.05, 0.1) is 23.4 Å².